The number of carbonyl (C=O) groups excluding carboxylic acids is 1. The van der Waals surface area contributed by atoms with E-state index in [1.165, 1.54) is 0 Å². The molecular weight excluding hydrogens is 445 g/mol. The highest BCUT2D eigenvalue weighted by Crippen LogP contribution is 2.26. The predicted octanol–water partition coefficient (Wildman–Crippen LogP) is 5.08. The second-order valence-corrected chi connectivity index (χ2v) is 9.72. The lowest BCUT2D eigenvalue weighted by Crippen LogP contribution is -2.39. The summed E-state index contributed by atoms with van der Waals surface area (Å²) in [6.07, 6.45) is 3.03. The Balaban J connectivity index is 1.53. The van der Waals surface area contributed by atoms with Crippen LogP contribution in [0.4, 0.5) is 4.39 Å². The van der Waals surface area contributed by atoms with E-state index in [1.54, 1.807) is 13.0 Å². The van der Waals surface area contributed by atoms with Gasteiger partial charge in [0, 0.05) is 19.0 Å². The minimum absolute atomic E-state index is 0.160. The van der Waals surface area contributed by atoms with Crippen LogP contribution in [0.5, 0.6) is 0 Å². The minimum Gasteiger partial charge on any atom is -0.466 e. The van der Waals surface area contributed by atoms with Crippen LogP contribution >= 0.6 is 0 Å². The maximum Gasteiger partial charge on any atom is 0.306 e. The van der Waals surface area contributed by atoms with E-state index in [4.69, 9.17) is 9.47 Å². The Morgan fingerprint density at radius 3 is 2.77 bits per heavy atom. The monoisotopic (exact) mass is 485 g/mol. The molecule has 1 aliphatic heterocycles. The standard InChI is InChI=1S/C29H40FNO4/c1-5-34-29(33)13-12-24-11-8-20(2)15-27(24)22(4)35-19-26(32)18-31-14-6-7-25(31)16-23-10-9-21(3)28(30)17-23/h8-11,15,17,22,25-26,32H,5-7,12-14,16,18-19H2,1-4H3/t22-,25+,26+/m1/s1. The summed E-state index contributed by atoms with van der Waals surface area (Å²) in [5.41, 5.74) is 4.90. The fourth-order valence-corrected chi connectivity index (χ4v) is 4.86. The number of ether oxygens (including phenoxy) is 2. The average molecular weight is 486 g/mol. The quantitative estimate of drug-likeness (QED) is 0.425. The highest BCUT2D eigenvalue weighted by Gasteiger charge is 2.27. The molecule has 0 radical (unpaired) electrons. The van der Waals surface area contributed by atoms with Gasteiger partial charge in [0.25, 0.3) is 0 Å². The number of likely N-dealkylation sites (tertiary alicyclic amines) is 1. The topological polar surface area (TPSA) is 59.0 Å². The molecule has 0 saturated carbocycles. The van der Waals surface area contributed by atoms with Gasteiger partial charge in [0.1, 0.15) is 5.82 Å². The molecule has 1 aliphatic rings. The number of hydrogen-bond donors (Lipinski definition) is 1. The number of benzene rings is 2. The summed E-state index contributed by atoms with van der Waals surface area (Å²) in [6.45, 7) is 9.69. The van der Waals surface area contributed by atoms with E-state index in [1.807, 2.05) is 45.0 Å². The van der Waals surface area contributed by atoms with Crippen molar-refractivity contribution in [3.8, 4) is 0 Å². The van der Waals surface area contributed by atoms with Crippen LogP contribution in [0.3, 0.4) is 0 Å². The molecule has 6 heteroatoms. The summed E-state index contributed by atoms with van der Waals surface area (Å²) in [5.74, 6) is -0.358. The number of aryl methyl sites for hydroxylation is 3. The molecule has 35 heavy (non-hydrogen) atoms. The van der Waals surface area contributed by atoms with E-state index in [9.17, 15) is 14.3 Å². The molecule has 0 aromatic heterocycles. The van der Waals surface area contributed by atoms with Crippen molar-refractivity contribution < 1.29 is 23.8 Å². The molecule has 1 N–H and O–H groups in total. The Bertz CT molecular complexity index is 979. The number of aliphatic hydroxyl groups is 1. The van der Waals surface area contributed by atoms with Gasteiger partial charge in [-0.15, -0.1) is 0 Å². The lowest BCUT2D eigenvalue weighted by Gasteiger charge is -2.28. The molecule has 2 aromatic rings. The minimum atomic E-state index is -0.611. The fourth-order valence-electron chi connectivity index (χ4n) is 4.86. The summed E-state index contributed by atoms with van der Waals surface area (Å²) < 4.78 is 25.1. The highest BCUT2D eigenvalue weighted by molar-refractivity contribution is 5.69. The third-order valence-corrected chi connectivity index (χ3v) is 6.83. The smallest absolute Gasteiger partial charge is 0.306 e. The van der Waals surface area contributed by atoms with E-state index in [0.717, 1.165) is 48.1 Å². The van der Waals surface area contributed by atoms with Gasteiger partial charge in [-0.25, -0.2) is 4.39 Å². The molecule has 0 unspecified atom stereocenters. The Labute approximate surface area is 209 Å². The predicted molar refractivity (Wildman–Crippen MR) is 136 cm³/mol. The van der Waals surface area contributed by atoms with E-state index in [2.05, 4.69) is 11.0 Å². The molecule has 3 atom stereocenters. The molecule has 1 saturated heterocycles. The van der Waals surface area contributed by atoms with Gasteiger partial charge in [-0.05, 0) is 88.2 Å². The van der Waals surface area contributed by atoms with Crippen molar-refractivity contribution in [2.45, 2.75) is 78.0 Å². The molecule has 2 aromatic carbocycles. The fraction of sp³-hybridized carbons (Fsp3) is 0.552. The third-order valence-electron chi connectivity index (χ3n) is 6.83. The van der Waals surface area contributed by atoms with Gasteiger partial charge in [-0.1, -0.05) is 35.9 Å². The van der Waals surface area contributed by atoms with Gasteiger partial charge in [-0.3, -0.25) is 9.69 Å². The molecule has 3 rings (SSSR count). The number of esters is 1. The molecular formula is C29H40FNO4. The zero-order valence-corrected chi connectivity index (χ0v) is 21.6. The Morgan fingerprint density at radius 1 is 1.23 bits per heavy atom. The van der Waals surface area contributed by atoms with Crippen LogP contribution in [0.25, 0.3) is 0 Å². The molecule has 5 nitrogen and oxygen atoms in total. The van der Waals surface area contributed by atoms with Crippen LogP contribution in [0, 0.1) is 19.7 Å². The van der Waals surface area contributed by atoms with Gasteiger partial charge < -0.3 is 14.6 Å². The molecule has 1 heterocycles. The number of aliphatic hydroxyl groups excluding tert-OH is 1. The van der Waals surface area contributed by atoms with E-state index < -0.39 is 6.10 Å². The number of nitrogens with zero attached hydrogens (tertiary/aromatic N) is 1. The molecule has 0 aliphatic carbocycles. The first kappa shape index (κ1) is 27.3. The molecule has 1 fully saturated rings. The van der Waals surface area contributed by atoms with E-state index >= 15 is 0 Å². The second kappa shape index (κ2) is 13.1. The normalized spacial score (nSPS) is 17.9. The van der Waals surface area contributed by atoms with Crippen molar-refractivity contribution in [2.24, 2.45) is 0 Å². The number of halogens is 1. The Hall–Kier alpha value is -2.28. The van der Waals surface area contributed by atoms with Gasteiger partial charge in [-0.2, -0.15) is 0 Å². The first-order valence-electron chi connectivity index (χ1n) is 12.8. The molecule has 0 spiro atoms. The Kier molecular flexibility index (Phi) is 10.3. The van der Waals surface area contributed by atoms with Gasteiger partial charge >= 0.3 is 5.97 Å². The van der Waals surface area contributed by atoms with Gasteiger partial charge in [0.05, 0.1) is 25.4 Å². The summed E-state index contributed by atoms with van der Waals surface area (Å²) in [4.78, 5) is 14.1. The van der Waals surface area contributed by atoms with Crippen LogP contribution in [0.1, 0.15) is 67.0 Å². The number of rotatable bonds is 12. The SMILES string of the molecule is CCOC(=O)CCc1ccc(C)cc1[C@@H](C)OC[C@@H](O)CN1CCC[C@H]1Cc1ccc(C)c(F)c1. The lowest BCUT2D eigenvalue weighted by atomic mass is 9.97. The molecule has 0 amide bonds. The molecule has 0 bridgehead atoms. The second-order valence-electron chi connectivity index (χ2n) is 9.72. The van der Waals surface area contributed by atoms with Gasteiger partial charge in [0.15, 0.2) is 0 Å². The zero-order valence-electron chi connectivity index (χ0n) is 21.6. The van der Waals surface area contributed by atoms with Crippen molar-refractivity contribution in [2.75, 3.05) is 26.3 Å². The summed E-state index contributed by atoms with van der Waals surface area (Å²) in [7, 11) is 0. The van der Waals surface area contributed by atoms with Crippen molar-refractivity contribution in [3.63, 3.8) is 0 Å². The molecule has 192 valence electrons. The van der Waals surface area contributed by atoms with Crippen LogP contribution in [0.2, 0.25) is 0 Å². The van der Waals surface area contributed by atoms with Crippen LogP contribution in [-0.4, -0.2) is 54.4 Å². The van der Waals surface area contributed by atoms with Gasteiger partial charge in [0.2, 0.25) is 0 Å². The summed E-state index contributed by atoms with van der Waals surface area (Å²) in [6, 6.07) is 11.9. The van der Waals surface area contributed by atoms with Crippen molar-refractivity contribution in [1.29, 1.82) is 0 Å². The first-order chi connectivity index (χ1) is 16.8. The Morgan fingerprint density at radius 2 is 2.03 bits per heavy atom. The largest absolute Gasteiger partial charge is 0.466 e. The van der Waals surface area contributed by atoms with Crippen molar-refractivity contribution in [1.82, 2.24) is 4.90 Å². The van der Waals surface area contributed by atoms with Crippen molar-refractivity contribution >= 4 is 5.97 Å². The first-order valence-corrected chi connectivity index (χ1v) is 12.8. The maximum atomic E-state index is 14.0. The summed E-state index contributed by atoms with van der Waals surface area (Å²) in [5, 5.41) is 10.7. The average Bonchev–Trinajstić information content (AvgIpc) is 3.25. The van der Waals surface area contributed by atoms with Crippen LogP contribution in [0.15, 0.2) is 36.4 Å². The van der Waals surface area contributed by atoms with Crippen molar-refractivity contribution in [3.05, 3.63) is 70.0 Å². The third kappa shape index (κ3) is 8.13. The maximum absolute atomic E-state index is 14.0. The zero-order chi connectivity index (χ0) is 25.4. The number of β-amino-alcohol motifs (C(OH)–C–C–N with tert-alkyl or cyclic N) is 1. The number of hydrogen-bond acceptors (Lipinski definition) is 5. The number of carbonyl (C=O) groups is 1. The van der Waals surface area contributed by atoms with E-state index in [-0.39, 0.29) is 24.5 Å². The van der Waals surface area contributed by atoms with Crippen LogP contribution < -0.4 is 0 Å². The van der Waals surface area contributed by atoms with Crippen LogP contribution in [-0.2, 0) is 27.1 Å². The summed E-state index contributed by atoms with van der Waals surface area (Å²) >= 11 is 0. The highest BCUT2D eigenvalue weighted by atomic mass is 19.1. The lowest BCUT2D eigenvalue weighted by molar-refractivity contribution is -0.143. The van der Waals surface area contributed by atoms with E-state index in [0.29, 0.717) is 37.6 Å².